The number of hydrogen-bond acceptors (Lipinski definition) is 3. The molecule has 1 fully saturated rings. The van der Waals surface area contributed by atoms with Crippen LogP contribution in [0.25, 0.3) is 0 Å². The summed E-state index contributed by atoms with van der Waals surface area (Å²) in [4.78, 5) is 22.6. The normalized spacial score (nSPS) is 17.0. The van der Waals surface area contributed by atoms with Crippen LogP contribution in [-0.2, 0) is 9.59 Å². The maximum Gasteiger partial charge on any atom is 0.239 e. The molecule has 2 amide bonds. The van der Waals surface area contributed by atoms with Crippen molar-refractivity contribution < 1.29 is 9.59 Å². The lowest BCUT2D eigenvalue weighted by Crippen LogP contribution is -2.41. The Hall–Kier alpha value is -1.10. The second kappa shape index (κ2) is 5.84. The predicted octanol–water partition coefficient (Wildman–Crippen LogP) is -0.245. The third-order valence-corrected chi connectivity index (χ3v) is 2.54. The van der Waals surface area contributed by atoms with E-state index >= 15 is 0 Å². The number of hydrogen-bond donors (Lipinski definition) is 3. The second-order valence-electron chi connectivity index (χ2n) is 4.70. The van der Waals surface area contributed by atoms with Crippen LogP contribution < -0.4 is 16.4 Å². The van der Waals surface area contributed by atoms with E-state index < -0.39 is 0 Å². The Morgan fingerprint density at radius 3 is 2.44 bits per heavy atom. The lowest BCUT2D eigenvalue weighted by Gasteiger charge is -2.11. The third-order valence-electron chi connectivity index (χ3n) is 2.54. The van der Waals surface area contributed by atoms with Crippen LogP contribution in [0.3, 0.4) is 0 Å². The van der Waals surface area contributed by atoms with E-state index in [-0.39, 0.29) is 30.4 Å². The quantitative estimate of drug-likeness (QED) is 0.585. The molecule has 0 radical (unpaired) electrons. The number of rotatable bonds is 6. The molecular weight excluding hydrogens is 206 g/mol. The van der Waals surface area contributed by atoms with Gasteiger partial charge in [0.15, 0.2) is 0 Å². The summed E-state index contributed by atoms with van der Waals surface area (Å²) in [5, 5.41) is 5.27. The van der Waals surface area contributed by atoms with Gasteiger partial charge < -0.3 is 16.4 Å². The van der Waals surface area contributed by atoms with Gasteiger partial charge in [-0.3, -0.25) is 9.59 Å². The van der Waals surface area contributed by atoms with E-state index in [0.717, 1.165) is 12.8 Å². The molecule has 5 nitrogen and oxygen atoms in total. The fraction of sp³-hybridized carbons (Fsp3) is 0.818. The van der Waals surface area contributed by atoms with Crippen LogP contribution >= 0.6 is 0 Å². The summed E-state index contributed by atoms with van der Waals surface area (Å²) in [6.07, 6.45) is 2.57. The van der Waals surface area contributed by atoms with Gasteiger partial charge in [-0.2, -0.15) is 0 Å². The van der Waals surface area contributed by atoms with Crippen molar-refractivity contribution in [1.82, 2.24) is 10.6 Å². The minimum absolute atomic E-state index is 0.0361. The summed E-state index contributed by atoms with van der Waals surface area (Å²) in [7, 11) is 0. The molecule has 16 heavy (non-hydrogen) atoms. The standard InChI is InChI=1S/C11H21N3O2/c1-7(2)14-11(16)6-13-10(15)5-9(12)8-3-4-8/h7-9H,3-6,12H2,1-2H3,(H,13,15)(H,14,16). The average molecular weight is 227 g/mol. The highest BCUT2D eigenvalue weighted by Gasteiger charge is 2.29. The highest BCUT2D eigenvalue weighted by atomic mass is 16.2. The largest absolute Gasteiger partial charge is 0.352 e. The molecule has 1 atom stereocenters. The number of nitrogens with one attached hydrogen (secondary N) is 2. The second-order valence-corrected chi connectivity index (χ2v) is 4.70. The van der Waals surface area contributed by atoms with Crippen LogP contribution in [0.5, 0.6) is 0 Å². The Bertz CT molecular complexity index is 262. The highest BCUT2D eigenvalue weighted by Crippen LogP contribution is 2.32. The molecule has 1 saturated carbocycles. The lowest BCUT2D eigenvalue weighted by atomic mass is 10.1. The van der Waals surface area contributed by atoms with Crippen molar-refractivity contribution in [1.29, 1.82) is 0 Å². The van der Waals surface area contributed by atoms with Crippen molar-refractivity contribution >= 4 is 11.8 Å². The molecule has 1 aliphatic carbocycles. The third kappa shape index (κ3) is 5.11. The fourth-order valence-corrected chi connectivity index (χ4v) is 1.53. The van der Waals surface area contributed by atoms with E-state index in [2.05, 4.69) is 10.6 Å². The molecule has 0 heterocycles. The van der Waals surface area contributed by atoms with Crippen LogP contribution in [-0.4, -0.2) is 30.4 Å². The van der Waals surface area contributed by atoms with Gasteiger partial charge in [-0.15, -0.1) is 0 Å². The van der Waals surface area contributed by atoms with Gasteiger partial charge in [-0.05, 0) is 32.6 Å². The van der Waals surface area contributed by atoms with Crippen molar-refractivity contribution in [3.8, 4) is 0 Å². The number of amides is 2. The van der Waals surface area contributed by atoms with Gasteiger partial charge in [0.2, 0.25) is 11.8 Å². The van der Waals surface area contributed by atoms with Gasteiger partial charge in [-0.25, -0.2) is 0 Å². The molecule has 0 saturated heterocycles. The summed E-state index contributed by atoms with van der Waals surface area (Å²) >= 11 is 0. The van der Waals surface area contributed by atoms with E-state index in [4.69, 9.17) is 5.73 Å². The topological polar surface area (TPSA) is 84.2 Å². The average Bonchev–Trinajstić information content (AvgIpc) is 2.96. The molecule has 92 valence electrons. The van der Waals surface area contributed by atoms with Crippen LogP contribution in [0.1, 0.15) is 33.1 Å². The first-order valence-electron chi connectivity index (χ1n) is 5.80. The zero-order valence-electron chi connectivity index (χ0n) is 9.95. The van der Waals surface area contributed by atoms with E-state index in [0.29, 0.717) is 12.3 Å². The van der Waals surface area contributed by atoms with E-state index in [1.54, 1.807) is 0 Å². The SMILES string of the molecule is CC(C)NC(=O)CNC(=O)CC(N)C1CC1. The molecule has 4 N–H and O–H groups in total. The maximum atomic E-state index is 11.4. The molecular formula is C11H21N3O2. The van der Waals surface area contributed by atoms with Crippen LogP contribution in [0, 0.1) is 5.92 Å². The van der Waals surface area contributed by atoms with Crippen LogP contribution in [0.2, 0.25) is 0 Å². The van der Waals surface area contributed by atoms with Crippen molar-refractivity contribution in [2.45, 2.75) is 45.2 Å². The molecule has 0 aliphatic heterocycles. The zero-order valence-corrected chi connectivity index (χ0v) is 9.95. The van der Waals surface area contributed by atoms with E-state index in [9.17, 15) is 9.59 Å². The van der Waals surface area contributed by atoms with Crippen LogP contribution in [0.4, 0.5) is 0 Å². The van der Waals surface area contributed by atoms with E-state index in [1.165, 1.54) is 0 Å². The van der Waals surface area contributed by atoms with Gasteiger partial charge in [0.05, 0.1) is 6.54 Å². The Balaban J connectivity index is 2.11. The van der Waals surface area contributed by atoms with Gasteiger partial charge in [0.1, 0.15) is 0 Å². The number of carbonyl (C=O) groups is 2. The molecule has 0 aromatic rings. The maximum absolute atomic E-state index is 11.4. The molecule has 5 heteroatoms. The molecule has 0 aromatic carbocycles. The summed E-state index contributed by atoms with van der Waals surface area (Å²) in [6, 6.07) is 0.0475. The predicted molar refractivity (Wildman–Crippen MR) is 61.6 cm³/mol. The molecule has 1 unspecified atom stereocenters. The Morgan fingerprint density at radius 1 is 1.31 bits per heavy atom. The Labute approximate surface area is 96.1 Å². The molecule has 0 bridgehead atoms. The first-order valence-corrected chi connectivity index (χ1v) is 5.80. The smallest absolute Gasteiger partial charge is 0.239 e. The van der Waals surface area contributed by atoms with Gasteiger partial charge in [0, 0.05) is 18.5 Å². The first kappa shape index (κ1) is 13.0. The molecule has 0 spiro atoms. The van der Waals surface area contributed by atoms with Gasteiger partial charge >= 0.3 is 0 Å². The van der Waals surface area contributed by atoms with Gasteiger partial charge in [-0.1, -0.05) is 0 Å². The summed E-state index contributed by atoms with van der Waals surface area (Å²) < 4.78 is 0. The fourth-order valence-electron chi connectivity index (χ4n) is 1.53. The minimum atomic E-state index is -0.164. The van der Waals surface area contributed by atoms with Crippen LogP contribution in [0.15, 0.2) is 0 Å². The van der Waals surface area contributed by atoms with Gasteiger partial charge in [0.25, 0.3) is 0 Å². The molecule has 1 rings (SSSR count). The van der Waals surface area contributed by atoms with Crippen molar-refractivity contribution in [2.75, 3.05) is 6.54 Å². The van der Waals surface area contributed by atoms with Crippen molar-refractivity contribution in [2.24, 2.45) is 11.7 Å². The van der Waals surface area contributed by atoms with Crippen molar-refractivity contribution in [3.63, 3.8) is 0 Å². The summed E-state index contributed by atoms with van der Waals surface area (Å²) in [5.74, 6) is 0.205. The summed E-state index contributed by atoms with van der Waals surface area (Å²) in [5.41, 5.74) is 5.81. The summed E-state index contributed by atoms with van der Waals surface area (Å²) in [6.45, 7) is 3.79. The highest BCUT2D eigenvalue weighted by molar-refractivity contribution is 5.85. The molecule has 1 aliphatic rings. The number of carbonyl (C=O) groups excluding carboxylic acids is 2. The monoisotopic (exact) mass is 227 g/mol. The number of nitrogens with two attached hydrogens (primary N) is 1. The zero-order chi connectivity index (χ0) is 12.1. The molecule has 0 aromatic heterocycles. The minimum Gasteiger partial charge on any atom is -0.352 e. The Morgan fingerprint density at radius 2 is 1.94 bits per heavy atom. The van der Waals surface area contributed by atoms with E-state index in [1.807, 2.05) is 13.8 Å². The lowest BCUT2D eigenvalue weighted by molar-refractivity contribution is -0.126. The van der Waals surface area contributed by atoms with Crippen molar-refractivity contribution in [3.05, 3.63) is 0 Å². The Kier molecular flexibility index (Phi) is 4.73. The first-order chi connectivity index (χ1) is 7.49.